The largest absolute Gasteiger partial charge is 0.239 e. The lowest BCUT2D eigenvalue weighted by atomic mass is 10.2. The van der Waals surface area contributed by atoms with Crippen LogP contribution < -0.4 is 0 Å². The number of nitrogens with zero attached hydrogens (tertiary/aromatic N) is 2. The van der Waals surface area contributed by atoms with E-state index in [9.17, 15) is 4.39 Å². The van der Waals surface area contributed by atoms with Gasteiger partial charge in [-0.1, -0.05) is 17.7 Å². The topological polar surface area (TPSA) is 17.8 Å². The van der Waals surface area contributed by atoms with Crippen LogP contribution in [0.3, 0.4) is 0 Å². The first kappa shape index (κ1) is 9.21. The molecule has 0 bridgehead atoms. The summed E-state index contributed by atoms with van der Waals surface area (Å²) in [6, 6.07) is 4.86. The number of hydrogen-bond acceptors (Lipinski definition) is 1. The average molecular weight is 211 g/mol. The molecule has 0 saturated heterocycles. The molecule has 0 radical (unpaired) electrons. The van der Waals surface area contributed by atoms with Crippen LogP contribution in [0.1, 0.15) is 5.56 Å². The summed E-state index contributed by atoms with van der Waals surface area (Å²) in [4.78, 5) is 0. The van der Waals surface area contributed by atoms with Gasteiger partial charge in [-0.25, -0.2) is 9.07 Å². The van der Waals surface area contributed by atoms with Crippen molar-refractivity contribution in [2.24, 2.45) is 0 Å². The van der Waals surface area contributed by atoms with Crippen LogP contribution in [0.25, 0.3) is 5.69 Å². The Morgan fingerprint density at radius 1 is 1.43 bits per heavy atom. The third-order valence-electron chi connectivity index (χ3n) is 2.04. The smallest absolute Gasteiger partial charge is 0.128 e. The summed E-state index contributed by atoms with van der Waals surface area (Å²) in [6.07, 6.45) is 3.16. The third-order valence-corrected chi connectivity index (χ3v) is 2.23. The summed E-state index contributed by atoms with van der Waals surface area (Å²) in [5.74, 6) is -0.242. The van der Waals surface area contributed by atoms with Gasteiger partial charge in [-0.15, -0.1) is 0 Å². The molecule has 0 unspecified atom stereocenters. The maximum absolute atomic E-state index is 13.2. The molecule has 0 amide bonds. The first-order valence-corrected chi connectivity index (χ1v) is 4.52. The molecule has 0 spiro atoms. The Hall–Kier alpha value is -1.35. The predicted octanol–water partition coefficient (Wildman–Crippen LogP) is 2.97. The number of hydrogen-bond donors (Lipinski definition) is 0. The van der Waals surface area contributed by atoms with Crippen LogP contribution in [0.4, 0.5) is 4.39 Å². The molecule has 72 valence electrons. The maximum Gasteiger partial charge on any atom is 0.128 e. The third kappa shape index (κ3) is 1.51. The Labute approximate surface area is 85.9 Å². The molecule has 2 rings (SSSR count). The lowest BCUT2D eigenvalue weighted by molar-refractivity contribution is 0.615. The van der Waals surface area contributed by atoms with Crippen molar-refractivity contribution in [3.63, 3.8) is 0 Å². The van der Waals surface area contributed by atoms with Crippen LogP contribution in [0.5, 0.6) is 0 Å². The number of rotatable bonds is 1. The summed E-state index contributed by atoms with van der Waals surface area (Å²) in [6.45, 7) is 1.71. The summed E-state index contributed by atoms with van der Waals surface area (Å²) in [5, 5.41) is 4.54. The Balaban J connectivity index is 2.57. The number of benzene rings is 1. The van der Waals surface area contributed by atoms with E-state index in [0.717, 1.165) is 0 Å². The highest BCUT2D eigenvalue weighted by molar-refractivity contribution is 6.30. The quantitative estimate of drug-likeness (QED) is 0.708. The summed E-state index contributed by atoms with van der Waals surface area (Å²) >= 11 is 5.73. The van der Waals surface area contributed by atoms with E-state index in [1.807, 2.05) is 0 Å². The first-order chi connectivity index (χ1) is 6.68. The van der Waals surface area contributed by atoms with Crippen molar-refractivity contribution in [2.45, 2.75) is 6.92 Å². The molecule has 0 aliphatic heterocycles. The molecule has 1 aromatic carbocycles. The van der Waals surface area contributed by atoms with E-state index in [1.165, 1.54) is 12.3 Å². The fraction of sp³-hybridized carbons (Fsp3) is 0.100. The zero-order chi connectivity index (χ0) is 10.1. The van der Waals surface area contributed by atoms with Crippen molar-refractivity contribution in [1.82, 2.24) is 9.78 Å². The Morgan fingerprint density at radius 2 is 2.21 bits per heavy atom. The van der Waals surface area contributed by atoms with Crippen LogP contribution in [0, 0.1) is 12.7 Å². The summed E-state index contributed by atoms with van der Waals surface area (Å²) in [7, 11) is 0. The van der Waals surface area contributed by atoms with Gasteiger partial charge in [-0.3, -0.25) is 0 Å². The van der Waals surface area contributed by atoms with Crippen molar-refractivity contribution in [3.05, 3.63) is 47.0 Å². The fourth-order valence-corrected chi connectivity index (χ4v) is 1.41. The molecular formula is C10H8ClFN2. The SMILES string of the molecule is Cc1c(F)cccc1-n1cc(Cl)cn1. The second kappa shape index (κ2) is 3.42. The van der Waals surface area contributed by atoms with Gasteiger partial charge in [-0.2, -0.15) is 5.10 Å². The van der Waals surface area contributed by atoms with Crippen molar-refractivity contribution in [3.8, 4) is 5.69 Å². The molecule has 1 heterocycles. The highest BCUT2D eigenvalue weighted by Crippen LogP contribution is 2.17. The van der Waals surface area contributed by atoms with E-state index in [4.69, 9.17) is 11.6 Å². The Morgan fingerprint density at radius 3 is 2.86 bits per heavy atom. The number of aromatic nitrogens is 2. The minimum atomic E-state index is -0.242. The lowest BCUT2D eigenvalue weighted by Crippen LogP contribution is -1.98. The molecule has 0 atom stereocenters. The first-order valence-electron chi connectivity index (χ1n) is 4.14. The molecule has 2 nitrogen and oxygen atoms in total. The van der Waals surface area contributed by atoms with Gasteiger partial charge in [0, 0.05) is 11.8 Å². The average Bonchev–Trinajstić information content (AvgIpc) is 2.57. The van der Waals surface area contributed by atoms with Gasteiger partial charge in [0.1, 0.15) is 5.82 Å². The maximum atomic E-state index is 13.2. The monoisotopic (exact) mass is 210 g/mol. The van der Waals surface area contributed by atoms with E-state index >= 15 is 0 Å². The molecule has 2 aromatic rings. The van der Waals surface area contributed by atoms with Crippen molar-refractivity contribution >= 4 is 11.6 Å². The Kier molecular flexibility index (Phi) is 2.25. The van der Waals surface area contributed by atoms with Crippen LogP contribution in [-0.2, 0) is 0 Å². The van der Waals surface area contributed by atoms with Crippen molar-refractivity contribution < 1.29 is 4.39 Å². The Bertz CT molecular complexity index is 465. The van der Waals surface area contributed by atoms with E-state index < -0.39 is 0 Å². The molecule has 0 saturated carbocycles. The molecule has 4 heteroatoms. The molecule has 14 heavy (non-hydrogen) atoms. The van der Waals surface area contributed by atoms with Crippen molar-refractivity contribution in [2.75, 3.05) is 0 Å². The highest BCUT2D eigenvalue weighted by atomic mass is 35.5. The van der Waals surface area contributed by atoms with Gasteiger partial charge < -0.3 is 0 Å². The molecule has 0 aliphatic carbocycles. The fourth-order valence-electron chi connectivity index (χ4n) is 1.28. The van der Waals surface area contributed by atoms with E-state index in [1.54, 1.807) is 29.9 Å². The molecule has 1 aromatic heterocycles. The van der Waals surface area contributed by atoms with Crippen molar-refractivity contribution in [1.29, 1.82) is 0 Å². The molecule has 0 fully saturated rings. The molecule has 0 aliphatic rings. The minimum absolute atomic E-state index is 0.242. The van der Waals surface area contributed by atoms with Gasteiger partial charge in [0.05, 0.1) is 16.9 Å². The van der Waals surface area contributed by atoms with Gasteiger partial charge in [0.25, 0.3) is 0 Å². The van der Waals surface area contributed by atoms with Crippen LogP contribution >= 0.6 is 11.6 Å². The standard InChI is InChI=1S/C10H8ClFN2/c1-7-9(12)3-2-4-10(7)14-6-8(11)5-13-14/h2-6H,1H3. The second-order valence-corrected chi connectivity index (χ2v) is 3.42. The van der Waals surface area contributed by atoms with Crippen LogP contribution in [0.2, 0.25) is 5.02 Å². The molecule has 0 N–H and O–H groups in total. The second-order valence-electron chi connectivity index (χ2n) is 2.99. The molecular weight excluding hydrogens is 203 g/mol. The lowest BCUT2D eigenvalue weighted by Gasteiger charge is -2.05. The summed E-state index contributed by atoms with van der Waals surface area (Å²) < 4.78 is 14.8. The number of halogens is 2. The zero-order valence-electron chi connectivity index (χ0n) is 7.54. The zero-order valence-corrected chi connectivity index (χ0v) is 8.29. The van der Waals surface area contributed by atoms with Crippen LogP contribution in [-0.4, -0.2) is 9.78 Å². The normalized spacial score (nSPS) is 10.5. The highest BCUT2D eigenvalue weighted by Gasteiger charge is 2.05. The van der Waals surface area contributed by atoms with Crippen LogP contribution in [0.15, 0.2) is 30.6 Å². The predicted molar refractivity (Wildman–Crippen MR) is 53.3 cm³/mol. The van der Waals surface area contributed by atoms with E-state index in [2.05, 4.69) is 5.10 Å². The van der Waals surface area contributed by atoms with E-state index in [0.29, 0.717) is 16.3 Å². The van der Waals surface area contributed by atoms with Gasteiger partial charge in [-0.05, 0) is 19.1 Å². The van der Waals surface area contributed by atoms with E-state index in [-0.39, 0.29) is 5.82 Å². The van der Waals surface area contributed by atoms with Gasteiger partial charge in [0.15, 0.2) is 0 Å². The summed E-state index contributed by atoms with van der Waals surface area (Å²) in [5.41, 5.74) is 1.27. The van der Waals surface area contributed by atoms with Gasteiger partial charge >= 0.3 is 0 Å². The van der Waals surface area contributed by atoms with Gasteiger partial charge in [0.2, 0.25) is 0 Å². The minimum Gasteiger partial charge on any atom is -0.239 e.